The van der Waals surface area contributed by atoms with E-state index in [-0.39, 0.29) is 11.9 Å². The summed E-state index contributed by atoms with van der Waals surface area (Å²) in [4.78, 5) is 13.6. The maximum Gasteiger partial charge on any atom is 0.416 e. The fraction of sp³-hybridized carbons (Fsp3) is 0.273. The summed E-state index contributed by atoms with van der Waals surface area (Å²) in [5.74, 6) is 0.0611. The molecule has 1 aromatic carbocycles. The number of H-pyrrole nitrogens is 1. The number of halogens is 6. The second kappa shape index (κ2) is 4.64. The predicted molar refractivity (Wildman–Crippen MR) is 58.9 cm³/mol. The molecule has 0 aliphatic carbocycles. The zero-order valence-corrected chi connectivity index (χ0v) is 10.3. The Hall–Kier alpha value is -2.26. The van der Waals surface area contributed by atoms with Gasteiger partial charge in [0.2, 0.25) is 0 Å². The summed E-state index contributed by atoms with van der Waals surface area (Å²) < 4.78 is 76.5. The molecule has 0 saturated heterocycles. The van der Waals surface area contributed by atoms with E-state index in [4.69, 9.17) is 0 Å². The van der Waals surface area contributed by atoms with E-state index in [1.807, 2.05) is 0 Å². The molecular weight excluding hydrogens is 304 g/mol. The van der Waals surface area contributed by atoms with Crippen molar-refractivity contribution in [2.75, 3.05) is 0 Å². The Morgan fingerprint density at radius 3 is 1.81 bits per heavy atom. The van der Waals surface area contributed by atoms with Crippen molar-refractivity contribution in [3.05, 3.63) is 45.6 Å². The predicted octanol–water partition coefficient (Wildman–Crippen LogP) is 2.91. The summed E-state index contributed by atoms with van der Waals surface area (Å²) >= 11 is 0. The molecule has 10 heteroatoms. The van der Waals surface area contributed by atoms with Gasteiger partial charge in [-0.25, -0.2) is 4.79 Å². The minimum absolute atomic E-state index is 0.0198. The van der Waals surface area contributed by atoms with Gasteiger partial charge < -0.3 is 0 Å². The number of aromatic amines is 1. The molecule has 0 amide bonds. The van der Waals surface area contributed by atoms with Gasteiger partial charge in [-0.15, -0.1) is 0 Å². The lowest BCUT2D eigenvalue weighted by atomic mass is 10.1. The second-order valence-corrected chi connectivity index (χ2v) is 4.19. The first-order chi connectivity index (χ1) is 9.48. The molecule has 0 spiro atoms. The maximum atomic E-state index is 12.7. The van der Waals surface area contributed by atoms with E-state index >= 15 is 0 Å². The van der Waals surface area contributed by atoms with E-state index in [2.05, 4.69) is 10.1 Å². The van der Waals surface area contributed by atoms with Crippen LogP contribution in [0.3, 0.4) is 0 Å². The summed E-state index contributed by atoms with van der Waals surface area (Å²) in [6.07, 6.45) is -9.96. The van der Waals surface area contributed by atoms with Crippen LogP contribution in [0.1, 0.15) is 17.0 Å². The summed E-state index contributed by atoms with van der Waals surface area (Å²) in [5, 5.41) is 3.54. The number of nitrogens with one attached hydrogen (secondary N) is 1. The number of alkyl halides is 6. The Morgan fingerprint density at radius 2 is 1.48 bits per heavy atom. The molecule has 0 radical (unpaired) electrons. The van der Waals surface area contributed by atoms with E-state index in [1.54, 1.807) is 0 Å². The molecule has 1 aromatic heterocycles. The van der Waals surface area contributed by atoms with Crippen molar-refractivity contribution >= 4 is 0 Å². The highest BCUT2D eigenvalue weighted by Crippen LogP contribution is 2.36. The lowest BCUT2D eigenvalue weighted by molar-refractivity contribution is -0.143. The molecule has 2 rings (SSSR count). The fourth-order valence-corrected chi connectivity index (χ4v) is 1.66. The van der Waals surface area contributed by atoms with Crippen LogP contribution >= 0.6 is 0 Å². The highest BCUT2D eigenvalue weighted by molar-refractivity contribution is 5.41. The number of hydrogen-bond donors (Lipinski definition) is 1. The molecule has 4 nitrogen and oxygen atoms in total. The van der Waals surface area contributed by atoms with Crippen molar-refractivity contribution in [2.24, 2.45) is 0 Å². The van der Waals surface area contributed by atoms with Gasteiger partial charge in [0.25, 0.3) is 0 Å². The van der Waals surface area contributed by atoms with E-state index in [0.29, 0.717) is 16.8 Å². The van der Waals surface area contributed by atoms with Crippen LogP contribution in [0.5, 0.6) is 0 Å². The number of hydrogen-bond acceptors (Lipinski definition) is 2. The first-order valence-electron chi connectivity index (χ1n) is 5.44. The summed E-state index contributed by atoms with van der Waals surface area (Å²) in [5.41, 5.74) is -4.58. The lowest BCUT2D eigenvalue weighted by Gasteiger charge is -2.13. The summed E-state index contributed by atoms with van der Waals surface area (Å²) in [6, 6.07) is 0.835. The number of benzene rings is 1. The molecule has 0 aliphatic rings. The third-order valence-corrected chi connectivity index (χ3v) is 2.55. The van der Waals surface area contributed by atoms with Gasteiger partial charge in [-0.2, -0.15) is 36.1 Å². The third-order valence-electron chi connectivity index (χ3n) is 2.55. The van der Waals surface area contributed by atoms with E-state index in [0.717, 1.165) is 0 Å². The minimum atomic E-state index is -4.98. The second-order valence-electron chi connectivity index (χ2n) is 4.19. The van der Waals surface area contributed by atoms with Crippen LogP contribution in [0.2, 0.25) is 0 Å². The number of aryl methyl sites for hydroxylation is 1. The Labute approximate surface area is 113 Å². The van der Waals surface area contributed by atoms with Crippen molar-refractivity contribution in [1.82, 2.24) is 14.8 Å². The first-order valence-corrected chi connectivity index (χ1v) is 5.44. The van der Waals surface area contributed by atoms with E-state index in [1.165, 1.54) is 6.92 Å². The molecule has 0 unspecified atom stereocenters. The monoisotopic (exact) mass is 311 g/mol. The Kier molecular flexibility index (Phi) is 3.34. The fourth-order valence-electron chi connectivity index (χ4n) is 1.66. The molecule has 0 saturated carbocycles. The molecule has 21 heavy (non-hydrogen) atoms. The first kappa shape index (κ1) is 15.1. The summed E-state index contributed by atoms with van der Waals surface area (Å²) in [6.45, 7) is 1.34. The van der Waals surface area contributed by atoms with E-state index in [9.17, 15) is 31.1 Å². The van der Waals surface area contributed by atoms with Crippen LogP contribution in [0.15, 0.2) is 23.0 Å². The van der Waals surface area contributed by atoms with E-state index < -0.39 is 34.9 Å². The van der Waals surface area contributed by atoms with Gasteiger partial charge in [0.15, 0.2) is 0 Å². The van der Waals surface area contributed by atoms with Crippen molar-refractivity contribution in [3.8, 4) is 5.69 Å². The van der Waals surface area contributed by atoms with Crippen LogP contribution in [-0.4, -0.2) is 14.8 Å². The number of aromatic nitrogens is 3. The molecule has 0 atom stereocenters. The number of nitrogens with zero attached hydrogens (tertiary/aromatic N) is 2. The van der Waals surface area contributed by atoms with Crippen LogP contribution in [0, 0.1) is 6.92 Å². The largest absolute Gasteiger partial charge is 0.416 e. The molecule has 0 aliphatic heterocycles. The Balaban J connectivity index is 2.72. The summed E-state index contributed by atoms with van der Waals surface area (Å²) in [7, 11) is 0. The topological polar surface area (TPSA) is 50.7 Å². The van der Waals surface area contributed by atoms with Crippen LogP contribution < -0.4 is 5.69 Å². The van der Waals surface area contributed by atoms with Gasteiger partial charge in [0.05, 0.1) is 16.8 Å². The molecule has 0 fully saturated rings. The highest BCUT2D eigenvalue weighted by Gasteiger charge is 2.37. The SMILES string of the molecule is Cc1nn(-c2cc(C(F)(F)F)cc(C(F)(F)F)c2)c(=O)[nH]1. The van der Waals surface area contributed by atoms with Crippen LogP contribution in [0.4, 0.5) is 26.3 Å². The molecule has 1 heterocycles. The quantitative estimate of drug-likeness (QED) is 0.823. The van der Waals surface area contributed by atoms with Crippen molar-refractivity contribution < 1.29 is 26.3 Å². The van der Waals surface area contributed by atoms with Crippen molar-refractivity contribution in [3.63, 3.8) is 0 Å². The zero-order chi connectivity index (χ0) is 16.0. The zero-order valence-electron chi connectivity index (χ0n) is 10.3. The number of rotatable bonds is 1. The minimum Gasteiger partial charge on any atom is -0.293 e. The Morgan fingerprint density at radius 1 is 1.00 bits per heavy atom. The molecule has 1 N–H and O–H groups in total. The maximum absolute atomic E-state index is 12.7. The third kappa shape index (κ3) is 3.09. The van der Waals surface area contributed by atoms with Gasteiger partial charge in [-0.05, 0) is 25.1 Å². The average Bonchev–Trinajstić information content (AvgIpc) is 2.65. The van der Waals surface area contributed by atoms with Crippen molar-refractivity contribution in [2.45, 2.75) is 19.3 Å². The van der Waals surface area contributed by atoms with Crippen LogP contribution in [-0.2, 0) is 12.4 Å². The van der Waals surface area contributed by atoms with Gasteiger partial charge in [0.1, 0.15) is 5.82 Å². The van der Waals surface area contributed by atoms with Crippen molar-refractivity contribution in [1.29, 1.82) is 0 Å². The lowest BCUT2D eigenvalue weighted by Crippen LogP contribution is -2.19. The molecule has 0 bridgehead atoms. The smallest absolute Gasteiger partial charge is 0.293 e. The van der Waals surface area contributed by atoms with Gasteiger partial charge in [-0.1, -0.05) is 0 Å². The van der Waals surface area contributed by atoms with Gasteiger partial charge in [-0.3, -0.25) is 4.98 Å². The molecule has 2 aromatic rings. The average molecular weight is 311 g/mol. The highest BCUT2D eigenvalue weighted by atomic mass is 19.4. The normalized spacial score (nSPS) is 12.7. The molecular formula is C11H7F6N3O. The standard InChI is InChI=1S/C11H7F6N3O/c1-5-18-9(21)20(19-5)8-3-6(10(12,13)14)2-7(4-8)11(15,16)17/h2-4H,1H3,(H,18,19,21). The van der Waals surface area contributed by atoms with Gasteiger partial charge in [0, 0.05) is 0 Å². The van der Waals surface area contributed by atoms with Gasteiger partial charge >= 0.3 is 18.0 Å². The Bertz CT molecular complexity index is 693. The molecule has 114 valence electrons. The van der Waals surface area contributed by atoms with Crippen LogP contribution in [0.25, 0.3) is 5.69 Å².